The van der Waals surface area contributed by atoms with Crippen molar-refractivity contribution in [3.8, 4) is 0 Å². The molecule has 1 aliphatic rings. The minimum atomic E-state index is 0.276. The van der Waals surface area contributed by atoms with Gasteiger partial charge in [0, 0.05) is 26.2 Å². The molecule has 0 bridgehead atoms. The summed E-state index contributed by atoms with van der Waals surface area (Å²) in [6, 6.07) is 0.504. The zero-order chi connectivity index (χ0) is 15.4. The van der Waals surface area contributed by atoms with Crippen LogP contribution < -0.4 is 9.80 Å². The highest BCUT2D eigenvalue weighted by Gasteiger charge is 2.24. The molecule has 1 aromatic heterocycles. The van der Waals surface area contributed by atoms with Crippen LogP contribution in [0.3, 0.4) is 0 Å². The summed E-state index contributed by atoms with van der Waals surface area (Å²) in [5.41, 5.74) is 0. The van der Waals surface area contributed by atoms with Gasteiger partial charge in [0.1, 0.15) is 0 Å². The van der Waals surface area contributed by atoms with Crippen LogP contribution in [-0.4, -0.2) is 41.1 Å². The van der Waals surface area contributed by atoms with Gasteiger partial charge in [-0.15, -0.1) is 0 Å². The quantitative estimate of drug-likeness (QED) is 0.834. The monoisotopic (exact) mass is 311 g/mol. The van der Waals surface area contributed by atoms with Crippen LogP contribution in [0.2, 0.25) is 5.28 Å². The molecule has 1 saturated carbocycles. The topological polar surface area (TPSA) is 45.2 Å². The van der Waals surface area contributed by atoms with Gasteiger partial charge >= 0.3 is 0 Å². The van der Waals surface area contributed by atoms with Crippen molar-refractivity contribution in [2.45, 2.75) is 52.5 Å². The van der Waals surface area contributed by atoms with E-state index in [1.165, 1.54) is 25.7 Å². The molecule has 0 atom stereocenters. The number of hydrogen-bond donors (Lipinski definition) is 0. The average molecular weight is 312 g/mol. The molecule has 1 fully saturated rings. The molecule has 21 heavy (non-hydrogen) atoms. The summed E-state index contributed by atoms with van der Waals surface area (Å²) in [5, 5.41) is 0.276. The van der Waals surface area contributed by atoms with E-state index >= 15 is 0 Å². The summed E-state index contributed by atoms with van der Waals surface area (Å²) in [6.07, 6.45) is 4.94. The average Bonchev–Trinajstić information content (AvgIpc) is 2.48. The van der Waals surface area contributed by atoms with E-state index in [1.54, 1.807) is 0 Å². The molecule has 0 unspecified atom stereocenters. The van der Waals surface area contributed by atoms with Crippen molar-refractivity contribution >= 4 is 23.5 Å². The van der Waals surface area contributed by atoms with E-state index in [9.17, 15) is 0 Å². The standard InChI is InChI=1S/C15H26ClN5/c1-5-21(6-2)15-18-13(16)17-14(19-15)20(4)12-9-7-11(3)8-10-12/h11-12H,5-10H2,1-4H3. The predicted octanol–water partition coefficient (Wildman–Crippen LogP) is 3.39. The van der Waals surface area contributed by atoms with Gasteiger partial charge in [-0.05, 0) is 57.0 Å². The lowest BCUT2D eigenvalue weighted by atomic mass is 9.87. The third-order valence-electron chi connectivity index (χ3n) is 4.48. The molecule has 6 heteroatoms. The first-order chi connectivity index (χ1) is 10.0. The smallest absolute Gasteiger partial charge is 0.231 e. The molecule has 0 amide bonds. The Labute approximate surface area is 132 Å². The van der Waals surface area contributed by atoms with Gasteiger partial charge in [-0.3, -0.25) is 0 Å². The van der Waals surface area contributed by atoms with Crippen molar-refractivity contribution in [2.24, 2.45) is 5.92 Å². The van der Waals surface area contributed by atoms with Crippen molar-refractivity contribution in [1.82, 2.24) is 15.0 Å². The molecule has 1 heterocycles. The Morgan fingerprint density at radius 3 is 2.14 bits per heavy atom. The van der Waals surface area contributed by atoms with Crippen LogP contribution >= 0.6 is 11.6 Å². The van der Waals surface area contributed by atoms with Gasteiger partial charge in [-0.2, -0.15) is 15.0 Å². The van der Waals surface area contributed by atoms with Crippen molar-refractivity contribution in [3.05, 3.63) is 5.28 Å². The van der Waals surface area contributed by atoms with E-state index < -0.39 is 0 Å². The highest BCUT2D eigenvalue weighted by molar-refractivity contribution is 6.28. The van der Waals surface area contributed by atoms with E-state index in [4.69, 9.17) is 11.6 Å². The normalized spacial score (nSPS) is 22.1. The van der Waals surface area contributed by atoms with Gasteiger partial charge in [-0.1, -0.05) is 6.92 Å². The summed E-state index contributed by atoms with van der Waals surface area (Å²) in [6.45, 7) is 8.23. The van der Waals surface area contributed by atoms with Gasteiger partial charge in [-0.25, -0.2) is 0 Å². The van der Waals surface area contributed by atoms with Crippen LogP contribution in [0, 0.1) is 5.92 Å². The zero-order valence-corrected chi connectivity index (χ0v) is 14.3. The van der Waals surface area contributed by atoms with E-state index in [-0.39, 0.29) is 5.28 Å². The van der Waals surface area contributed by atoms with Crippen LogP contribution in [0.4, 0.5) is 11.9 Å². The lowest BCUT2D eigenvalue weighted by Crippen LogP contribution is -2.36. The molecule has 0 radical (unpaired) electrons. The first kappa shape index (κ1) is 16.3. The highest BCUT2D eigenvalue weighted by atomic mass is 35.5. The summed E-state index contributed by atoms with van der Waals surface area (Å²) in [7, 11) is 2.07. The van der Waals surface area contributed by atoms with E-state index in [0.29, 0.717) is 17.9 Å². The first-order valence-electron chi connectivity index (χ1n) is 7.94. The number of anilines is 2. The number of rotatable bonds is 5. The van der Waals surface area contributed by atoms with Crippen molar-refractivity contribution < 1.29 is 0 Å². The summed E-state index contributed by atoms with van der Waals surface area (Å²) >= 11 is 6.10. The number of aromatic nitrogens is 3. The number of halogens is 1. The minimum Gasteiger partial charge on any atom is -0.341 e. The van der Waals surface area contributed by atoms with Crippen molar-refractivity contribution in [2.75, 3.05) is 29.9 Å². The number of hydrogen-bond acceptors (Lipinski definition) is 5. The predicted molar refractivity (Wildman–Crippen MR) is 88.2 cm³/mol. The van der Waals surface area contributed by atoms with E-state index in [2.05, 4.69) is 52.6 Å². The fourth-order valence-corrected chi connectivity index (χ4v) is 3.08. The lowest BCUT2D eigenvalue weighted by molar-refractivity contribution is 0.339. The fraction of sp³-hybridized carbons (Fsp3) is 0.800. The third-order valence-corrected chi connectivity index (χ3v) is 4.65. The molecular formula is C15H26ClN5. The van der Waals surface area contributed by atoms with Gasteiger partial charge in [0.15, 0.2) is 0 Å². The molecule has 0 aliphatic heterocycles. The molecule has 1 aliphatic carbocycles. The molecule has 0 spiro atoms. The molecule has 0 aromatic carbocycles. The Balaban J connectivity index is 2.18. The molecular weight excluding hydrogens is 286 g/mol. The van der Waals surface area contributed by atoms with Crippen LogP contribution in [0.15, 0.2) is 0 Å². The first-order valence-corrected chi connectivity index (χ1v) is 8.32. The molecule has 0 N–H and O–H groups in total. The van der Waals surface area contributed by atoms with E-state index in [1.807, 2.05) is 0 Å². The largest absolute Gasteiger partial charge is 0.341 e. The fourth-order valence-electron chi connectivity index (χ4n) is 2.93. The molecule has 1 aromatic rings. The van der Waals surface area contributed by atoms with Crippen LogP contribution in [0.25, 0.3) is 0 Å². The van der Waals surface area contributed by atoms with Crippen molar-refractivity contribution in [3.63, 3.8) is 0 Å². The highest BCUT2D eigenvalue weighted by Crippen LogP contribution is 2.28. The van der Waals surface area contributed by atoms with Crippen LogP contribution in [0.1, 0.15) is 46.5 Å². The Hall–Kier alpha value is -1.10. The molecule has 118 valence electrons. The Kier molecular flexibility index (Phi) is 5.62. The SMILES string of the molecule is CCN(CC)c1nc(Cl)nc(N(C)C2CCC(C)CC2)n1. The maximum Gasteiger partial charge on any atom is 0.231 e. The summed E-state index contributed by atoms with van der Waals surface area (Å²) in [5.74, 6) is 2.20. The summed E-state index contributed by atoms with van der Waals surface area (Å²) in [4.78, 5) is 17.5. The second kappa shape index (κ2) is 7.25. The lowest BCUT2D eigenvalue weighted by Gasteiger charge is -2.33. The Morgan fingerprint density at radius 1 is 1.00 bits per heavy atom. The minimum absolute atomic E-state index is 0.276. The van der Waals surface area contributed by atoms with Crippen LogP contribution in [0.5, 0.6) is 0 Å². The van der Waals surface area contributed by atoms with Gasteiger partial charge in [0.2, 0.25) is 17.2 Å². The zero-order valence-electron chi connectivity index (χ0n) is 13.5. The molecule has 2 rings (SSSR count). The number of nitrogens with zero attached hydrogens (tertiary/aromatic N) is 5. The van der Waals surface area contributed by atoms with Crippen LogP contribution in [-0.2, 0) is 0 Å². The van der Waals surface area contributed by atoms with Crippen molar-refractivity contribution in [1.29, 1.82) is 0 Å². The van der Waals surface area contributed by atoms with Gasteiger partial charge < -0.3 is 9.80 Å². The maximum atomic E-state index is 6.10. The maximum absolute atomic E-state index is 6.10. The Morgan fingerprint density at radius 2 is 1.57 bits per heavy atom. The molecule has 0 saturated heterocycles. The molecule has 5 nitrogen and oxygen atoms in total. The second-order valence-electron chi connectivity index (χ2n) is 5.90. The third kappa shape index (κ3) is 3.96. The van der Waals surface area contributed by atoms with E-state index in [0.717, 1.165) is 19.0 Å². The second-order valence-corrected chi connectivity index (χ2v) is 6.24. The Bertz CT molecular complexity index is 455. The summed E-state index contributed by atoms with van der Waals surface area (Å²) < 4.78 is 0. The van der Waals surface area contributed by atoms with Gasteiger partial charge in [0.25, 0.3) is 0 Å². The van der Waals surface area contributed by atoms with Gasteiger partial charge in [0.05, 0.1) is 0 Å².